The number of piperazine rings is 1. The van der Waals surface area contributed by atoms with Gasteiger partial charge in [0.2, 0.25) is 5.91 Å². The van der Waals surface area contributed by atoms with Crippen molar-refractivity contribution in [1.82, 2.24) is 20.1 Å². The van der Waals surface area contributed by atoms with Crippen LogP contribution in [0.2, 0.25) is 0 Å². The Morgan fingerprint density at radius 3 is 2.26 bits per heavy atom. The molecule has 2 aromatic rings. The average molecular weight is 425 g/mol. The van der Waals surface area contributed by atoms with E-state index in [2.05, 4.69) is 15.2 Å². The maximum atomic E-state index is 13.2. The molecule has 0 bridgehead atoms. The minimum absolute atomic E-state index is 0.00556. The second-order valence-corrected chi connectivity index (χ2v) is 8.11. The molecule has 2 heterocycles. The van der Waals surface area contributed by atoms with E-state index in [1.807, 2.05) is 37.8 Å². The normalized spacial score (nSPS) is 15.5. The fraction of sp³-hybridized carbons (Fsp3) is 0.458. The van der Waals surface area contributed by atoms with Crippen molar-refractivity contribution in [2.45, 2.75) is 33.4 Å². The van der Waals surface area contributed by atoms with E-state index < -0.39 is 6.04 Å². The summed E-state index contributed by atoms with van der Waals surface area (Å²) in [7, 11) is 0. The van der Waals surface area contributed by atoms with Gasteiger partial charge in [-0.05, 0) is 54.8 Å². The number of ether oxygens (including phenoxy) is 1. The predicted molar refractivity (Wildman–Crippen MR) is 120 cm³/mol. The minimum Gasteiger partial charge on any atom is -0.494 e. The van der Waals surface area contributed by atoms with Crippen LogP contribution in [-0.2, 0) is 11.3 Å². The van der Waals surface area contributed by atoms with Gasteiger partial charge < -0.3 is 15.0 Å². The Labute approximate surface area is 184 Å². The summed E-state index contributed by atoms with van der Waals surface area (Å²) in [5.41, 5.74) is 1.74. The van der Waals surface area contributed by atoms with Gasteiger partial charge in [0.15, 0.2) is 0 Å². The number of nitrogens with one attached hydrogen (secondary N) is 1. The van der Waals surface area contributed by atoms with Crippen molar-refractivity contribution in [3.63, 3.8) is 0 Å². The van der Waals surface area contributed by atoms with Gasteiger partial charge in [0, 0.05) is 50.7 Å². The molecule has 2 amide bonds. The first-order valence-corrected chi connectivity index (χ1v) is 10.9. The Morgan fingerprint density at radius 2 is 1.68 bits per heavy atom. The monoisotopic (exact) mass is 424 g/mol. The molecule has 7 nitrogen and oxygen atoms in total. The number of benzene rings is 1. The van der Waals surface area contributed by atoms with Crippen molar-refractivity contribution in [3.8, 4) is 5.75 Å². The molecule has 0 aliphatic carbocycles. The van der Waals surface area contributed by atoms with E-state index in [-0.39, 0.29) is 17.7 Å². The summed E-state index contributed by atoms with van der Waals surface area (Å²) >= 11 is 0. The Kier molecular flexibility index (Phi) is 8.00. The Morgan fingerprint density at radius 1 is 1.03 bits per heavy atom. The SMILES string of the molecule is CCOc1ccc(C(=O)N[C@H](C(=O)N2CCN(Cc3ccncc3)CC2)C(C)C)cc1. The molecule has 7 heteroatoms. The first-order valence-electron chi connectivity index (χ1n) is 10.9. The standard InChI is InChI=1S/C24H32N4O3/c1-4-31-21-7-5-20(6-8-21)23(29)26-22(18(2)3)24(30)28-15-13-27(14-16-28)17-19-9-11-25-12-10-19/h5-12,18,22H,4,13-17H2,1-3H3,(H,26,29)/t22-/m0/s1. The molecule has 0 spiro atoms. The fourth-order valence-corrected chi connectivity index (χ4v) is 3.68. The Hall–Kier alpha value is -2.93. The van der Waals surface area contributed by atoms with E-state index in [4.69, 9.17) is 4.74 Å². The van der Waals surface area contributed by atoms with Crippen molar-refractivity contribution < 1.29 is 14.3 Å². The predicted octanol–water partition coefficient (Wildman–Crippen LogP) is 2.58. The molecule has 0 saturated carbocycles. The van der Waals surface area contributed by atoms with Crippen LogP contribution in [-0.4, -0.2) is 65.4 Å². The van der Waals surface area contributed by atoms with Gasteiger partial charge in [-0.25, -0.2) is 0 Å². The third-order valence-electron chi connectivity index (χ3n) is 5.49. The molecule has 1 atom stereocenters. The van der Waals surface area contributed by atoms with Crippen LogP contribution in [0.5, 0.6) is 5.75 Å². The lowest BCUT2D eigenvalue weighted by molar-refractivity contribution is -0.136. The van der Waals surface area contributed by atoms with Crippen LogP contribution in [0, 0.1) is 5.92 Å². The van der Waals surface area contributed by atoms with E-state index in [1.54, 1.807) is 36.7 Å². The van der Waals surface area contributed by atoms with Crippen LogP contribution >= 0.6 is 0 Å². The maximum absolute atomic E-state index is 13.2. The molecule has 3 rings (SSSR count). The molecule has 31 heavy (non-hydrogen) atoms. The number of aromatic nitrogens is 1. The number of amides is 2. The van der Waals surface area contributed by atoms with Gasteiger partial charge in [0.25, 0.3) is 5.91 Å². The fourth-order valence-electron chi connectivity index (χ4n) is 3.68. The third-order valence-corrected chi connectivity index (χ3v) is 5.49. The molecule has 166 valence electrons. The smallest absolute Gasteiger partial charge is 0.251 e. The van der Waals surface area contributed by atoms with Crippen LogP contribution in [0.25, 0.3) is 0 Å². The number of carbonyl (C=O) groups excluding carboxylic acids is 2. The summed E-state index contributed by atoms with van der Waals surface area (Å²) < 4.78 is 5.42. The zero-order valence-corrected chi connectivity index (χ0v) is 18.6. The average Bonchev–Trinajstić information content (AvgIpc) is 2.78. The molecule has 1 aromatic carbocycles. The number of rotatable bonds is 8. The number of pyridine rings is 1. The molecular formula is C24H32N4O3. The Balaban J connectivity index is 1.56. The van der Waals surface area contributed by atoms with Crippen molar-refractivity contribution in [3.05, 3.63) is 59.9 Å². The summed E-state index contributed by atoms with van der Waals surface area (Å²) in [4.78, 5) is 34.2. The largest absolute Gasteiger partial charge is 0.494 e. The van der Waals surface area contributed by atoms with E-state index in [9.17, 15) is 9.59 Å². The van der Waals surface area contributed by atoms with Gasteiger partial charge in [-0.1, -0.05) is 13.8 Å². The number of hydrogen-bond acceptors (Lipinski definition) is 5. The highest BCUT2D eigenvalue weighted by atomic mass is 16.5. The molecule has 1 aromatic heterocycles. The molecule has 1 aliphatic rings. The van der Waals surface area contributed by atoms with Crippen LogP contribution in [0.4, 0.5) is 0 Å². The van der Waals surface area contributed by atoms with E-state index in [0.717, 1.165) is 25.4 Å². The van der Waals surface area contributed by atoms with Gasteiger partial charge in [-0.2, -0.15) is 0 Å². The summed E-state index contributed by atoms with van der Waals surface area (Å²) in [6.45, 7) is 10.2. The summed E-state index contributed by atoms with van der Waals surface area (Å²) in [5, 5.41) is 2.94. The molecule has 1 aliphatic heterocycles. The summed E-state index contributed by atoms with van der Waals surface area (Å²) in [6, 6.07) is 10.5. The highest BCUT2D eigenvalue weighted by molar-refractivity contribution is 5.97. The zero-order chi connectivity index (χ0) is 22.2. The van der Waals surface area contributed by atoms with Gasteiger partial charge in [0.1, 0.15) is 11.8 Å². The van der Waals surface area contributed by atoms with Crippen LogP contribution in [0.15, 0.2) is 48.8 Å². The summed E-state index contributed by atoms with van der Waals surface area (Å²) in [6.07, 6.45) is 3.60. The van der Waals surface area contributed by atoms with Gasteiger partial charge in [-0.15, -0.1) is 0 Å². The third kappa shape index (κ3) is 6.28. The Bertz CT molecular complexity index is 847. The van der Waals surface area contributed by atoms with Crippen molar-refractivity contribution in [1.29, 1.82) is 0 Å². The zero-order valence-electron chi connectivity index (χ0n) is 18.6. The maximum Gasteiger partial charge on any atom is 0.251 e. The van der Waals surface area contributed by atoms with Crippen molar-refractivity contribution >= 4 is 11.8 Å². The number of carbonyl (C=O) groups is 2. The van der Waals surface area contributed by atoms with Crippen LogP contribution < -0.4 is 10.1 Å². The lowest BCUT2D eigenvalue weighted by atomic mass is 10.0. The van der Waals surface area contributed by atoms with Crippen LogP contribution in [0.1, 0.15) is 36.7 Å². The van der Waals surface area contributed by atoms with E-state index in [1.165, 1.54) is 5.56 Å². The lowest BCUT2D eigenvalue weighted by Gasteiger charge is -2.37. The number of nitrogens with zero attached hydrogens (tertiary/aromatic N) is 3. The molecule has 1 fully saturated rings. The van der Waals surface area contributed by atoms with Crippen LogP contribution in [0.3, 0.4) is 0 Å². The molecule has 1 N–H and O–H groups in total. The molecule has 0 radical (unpaired) electrons. The number of hydrogen-bond donors (Lipinski definition) is 1. The topological polar surface area (TPSA) is 74.8 Å². The van der Waals surface area contributed by atoms with Gasteiger partial charge in [0.05, 0.1) is 6.61 Å². The quantitative estimate of drug-likeness (QED) is 0.705. The molecule has 0 unspecified atom stereocenters. The summed E-state index contributed by atoms with van der Waals surface area (Å²) in [5.74, 6) is 0.457. The first kappa shape index (κ1) is 22.7. The molecular weight excluding hydrogens is 392 g/mol. The van der Waals surface area contributed by atoms with E-state index in [0.29, 0.717) is 25.3 Å². The minimum atomic E-state index is -0.550. The molecule has 1 saturated heterocycles. The van der Waals surface area contributed by atoms with Gasteiger partial charge in [-0.3, -0.25) is 19.5 Å². The van der Waals surface area contributed by atoms with Crippen molar-refractivity contribution in [2.24, 2.45) is 5.92 Å². The van der Waals surface area contributed by atoms with Gasteiger partial charge >= 0.3 is 0 Å². The highest BCUT2D eigenvalue weighted by Gasteiger charge is 2.31. The highest BCUT2D eigenvalue weighted by Crippen LogP contribution is 2.15. The second-order valence-electron chi connectivity index (χ2n) is 8.11. The van der Waals surface area contributed by atoms with E-state index >= 15 is 0 Å². The lowest BCUT2D eigenvalue weighted by Crippen LogP contribution is -2.56. The first-order chi connectivity index (χ1) is 15.0. The second kappa shape index (κ2) is 10.9. The van der Waals surface area contributed by atoms with Crippen molar-refractivity contribution in [2.75, 3.05) is 32.8 Å².